The van der Waals surface area contributed by atoms with Crippen LogP contribution < -0.4 is 10.6 Å². The summed E-state index contributed by atoms with van der Waals surface area (Å²) in [5, 5.41) is 6.25. The van der Waals surface area contributed by atoms with Crippen molar-refractivity contribution in [3.63, 3.8) is 0 Å². The number of anilines is 1. The highest BCUT2D eigenvalue weighted by molar-refractivity contribution is 5.99. The van der Waals surface area contributed by atoms with Gasteiger partial charge < -0.3 is 15.5 Å². The van der Waals surface area contributed by atoms with E-state index in [1.165, 1.54) is 0 Å². The van der Waals surface area contributed by atoms with E-state index in [9.17, 15) is 4.79 Å². The minimum Gasteiger partial charge on any atom is -0.385 e. The first-order valence-corrected chi connectivity index (χ1v) is 7.82. The Balaban J connectivity index is 1.88. The van der Waals surface area contributed by atoms with Gasteiger partial charge in [-0.15, -0.1) is 0 Å². The maximum Gasteiger partial charge on any atom is 0.254 e. The molecule has 2 rings (SSSR count). The molecule has 2 heterocycles. The van der Waals surface area contributed by atoms with Gasteiger partial charge in [0.15, 0.2) is 0 Å². The number of amides is 1. The van der Waals surface area contributed by atoms with Crippen LogP contribution in [0.3, 0.4) is 0 Å². The summed E-state index contributed by atoms with van der Waals surface area (Å²) in [6.07, 6.45) is 4.49. The van der Waals surface area contributed by atoms with Gasteiger partial charge in [-0.1, -0.05) is 0 Å². The molecule has 1 unspecified atom stereocenters. The van der Waals surface area contributed by atoms with E-state index >= 15 is 0 Å². The third kappa shape index (κ3) is 4.17. The number of nitrogens with zero attached hydrogens (tertiary/aromatic N) is 2. The first-order chi connectivity index (χ1) is 10.1. The van der Waals surface area contributed by atoms with Crippen molar-refractivity contribution in [3.05, 3.63) is 24.0 Å². The summed E-state index contributed by atoms with van der Waals surface area (Å²) >= 11 is 0. The number of likely N-dealkylation sites (tertiary alicyclic amines) is 1. The maximum absolute atomic E-state index is 12.3. The Morgan fingerprint density at radius 3 is 3.00 bits per heavy atom. The van der Waals surface area contributed by atoms with Crippen LogP contribution in [0.25, 0.3) is 0 Å². The summed E-state index contributed by atoms with van der Waals surface area (Å²) < 4.78 is 0. The molecule has 0 aromatic carbocycles. The van der Waals surface area contributed by atoms with Crippen molar-refractivity contribution >= 4 is 11.6 Å². The van der Waals surface area contributed by atoms with Crippen molar-refractivity contribution in [3.8, 4) is 0 Å². The van der Waals surface area contributed by atoms with E-state index in [1.807, 2.05) is 13.0 Å². The summed E-state index contributed by atoms with van der Waals surface area (Å²) in [5.41, 5.74) is 1.47. The van der Waals surface area contributed by atoms with Crippen LogP contribution in [-0.4, -0.2) is 48.0 Å². The fourth-order valence-corrected chi connectivity index (χ4v) is 2.75. The summed E-state index contributed by atoms with van der Waals surface area (Å²) in [7, 11) is 0. The Kier molecular flexibility index (Phi) is 5.56. The number of hydrogen-bond acceptors (Lipinski definition) is 4. The molecule has 1 fully saturated rings. The van der Waals surface area contributed by atoms with Crippen LogP contribution >= 0.6 is 0 Å². The minimum absolute atomic E-state index is 0.0398. The van der Waals surface area contributed by atoms with E-state index in [4.69, 9.17) is 0 Å². The molecule has 0 saturated carbocycles. The zero-order valence-corrected chi connectivity index (χ0v) is 13.2. The maximum atomic E-state index is 12.3. The van der Waals surface area contributed by atoms with Crippen molar-refractivity contribution in [2.45, 2.75) is 33.2 Å². The van der Waals surface area contributed by atoms with E-state index in [-0.39, 0.29) is 5.91 Å². The third-order valence-corrected chi connectivity index (χ3v) is 4.03. The fourth-order valence-electron chi connectivity index (χ4n) is 2.75. The van der Waals surface area contributed by atoms with E-state index < -0.39 is 0 Å². The second-order valence-electron chi connectivity index (χ2n) is 5.90. The number of carbonyl (C=O) groups is 1. The standard InChI is InChI=1S/C16H26N4O/c1-4-18-15-5-7-17-10-14(15)16(21)19-9-13-6-8-20(11-13)12(2)3/h5,7,10,12-13H,4,6,8-9,11H2,1-3H3,(H,17,18)(H,19,21). The molecule has 1 aromatic heterocycles. The average Bonchev–Trinajstić information content (AvgIpc) is 2.95. The Morgan fingerprint density at radius 2 is 2.33 bits per heavy atom. The van der Waals surface area contributed by atoms with E-state index in [0.29, 0.717) is 17.5 Å². The van der Waals surface area contributed by atoms with Gasteiger partial charge in [0.05, 0.1) is 11.3 Å². The lowest BCUT2D eigenvalue weighted by molar-refractivity contribution is 0.0947. The Bertz CT molecular complexity index is 475. The van der Waals surface area contributed by atoms with Crippen molar-refractivity contribution in [1.29, 1.82) is 0 Å². The van der Waals surface area contributed by atoms with Gasteiger partial charge in [0.25, 0.3) is 5.91 Å². The molecular weight excluding hydrogens is 264 g/mol. The van der Waals surface area contributed by atoms with Crippen LogP contribution in [0.5, 0.6) is 0 Å². The molecule has 1 amide bonds. The number of nitrogens with one attached hydrogen (secondary N) is 2. The Hall–Kier alpha value is -1.62. The lowest BCUT2D eigenvalue weighted by atomic mass is 10.1. The molecule has 0 bridgehead atoms. The molecule has 116 valence electrons. The van der Waals surface area contributed by atoms with E-state index in [2.05, 4.69) is 34.4 Å². The van der Waals surface area contributed by atoms with Crippen molar-refractivity contribution in [2.75, 3.05) is 31.5 Å². The minimum atomic E-state index is -0.0398. The number of rotatable bonds is 6. The first-order valence-electron chi connectivity index (χ1n) is 7.82. The number of carbonyl (C=O) groups excluding carboxylic acids is 1. The van der Waals surface area contributed by atoms with Gasteiger partial charge in [0.2, 0.25) is 0 Å². The highest BCUT2D eigenvalue weighted by Crippen LogP contribution is 2.18. The van der Waals surface area contributed by atoms with E-state index in [1.54, 1.807) is 12.4 Å². The Labute approximate surface area is 127 Å². The summed E-state index contributed by atoms with van der Waals surface area (Å²) in [6.45, 7) is 10.2. The molecule has 1 saturated heterocycles. The number of pyridine rings is 1. The molecule has 1 aromatic rings. The summed E-state index contributed by atoms with van der Waals surface area (Å²) in [4.78, 5) is 18.8. The predicted molar refractivity (Wildman–Crippen MR) is 85.5 cm³/mol. The van der Waals surface area contributed by atoms with Crippen LogP contribution in [0, 0.1) is 5.92 Å². The zero-order valence-electron chi connectivity index (χ0n) is 13.2. The highest BCUT2D eigenvalue weighted by atomic mass is 16.1. The monoisotopic (exact) mass is 290 g/mol. The lowest BCUT2D eigenvalue weighted by Gasteiger charge is -2.20. The number of hydrogen-bond donors (Lipinski definition) is 2. The van der Waals surface area contributed by atoms with Gasteiger partial charge >= 0.3 is 0 Å². The van der Waals surface area contributed by atoms with Crippen LogP contribution in [-0.2, 0) is 0 Å². The quantitative estimate of drug-likeness (QED) is 0.841. The molecule has 0 spiro atoms. The molecule has 1 atom stereocenters. The van der Waals surface area contributed by atoms with Crippen molar-refractivity contribution in [1.82, 2.24) is 15.2 Å². The third-order valence-electron chi connectivity index (χ3n) is 4.03. The van der Waals surface area contributed by atoms with Gasteiger partial charge in [-0.2, -0.15) is 0 Å². The van der Waals surface area contributed by atoms with Crippen molar-refractivity contribution < 1.29 is 4.79 Å². The Morgan fingerprint density at radius 1 is 1.52 bits per heavy atom. The SMILES string of the molecule is CCNc1ccncc1C(=O)NCC1CCN(C(C)C)C1. The lowest BCUT2D eigenvalue weighted by Crippen LogP contribution is -2.33. The normalized spacial score (nSPS) is 19.0. The predicted octanol–water partition coefficient (Wildman–Crippen LogP) is 1.97. The smallest absolute Gasteiger partial charge is 0.254 e. The van der Waals surface area contributed by atoms with Crippen LogP contribution in [0.1, 0.15) is 37.6 Å². The molecule has 21 heavy (non-hydrogen) atoms. The summed E-state index contributed by atoms with van der Waals surface area (Å²) in [6, 6.07) is 2.43. The molecule has 5 heteroatoms. The molecule has 1 aliphatic rings. The van der Waals surface area contributed by atoms with Gasteiger partial charge in [0, 0.05) is 38.1 Å². The van der Waals surface area contributed by atoms with Gasteiger partial charge in [-0.3, -0.25) is 9.78 Å². The fraction of sp³-hybridized carbons (Fsp3) is 0.625. The number of aromatic nitrogens is 1. The largest absolute Gasteiger partial charge is 0.385 e. The van der Waals surface area contributed by atoms with E-state index in [0.717, 1.165) is 38.3 Å². The second kappa shape index (κ2) is 7.41. The topological polar surface area (TPSA) is 57.3 Å². The zero-order chi connectivity index (χ0) is 15.2. The van der Waals surface area contributed by atoms with Crippen LogP contribution in [0.2, 0.25) is 0 Å². The molecule has 1 aliphatic heterocycles. The van der Waals surface area contributed by atoms with Gasteiger partial charge in [-0.05, 0) is 45.7 Å². The molecular formula is C16H26N4O. The van der Waals surface area contributed by atoms with Gasteiger partial charge in [-0.25, -0.2) is 0 Å². The van der Waals surface area contributed by atoms with Crippen LogP contribution in [0.4, 0.5) is 5.69 Å². The van der Waals surface area contributed by atoms with Crippen LogP contribution in [0.15, 0.2) is 18.5 Å². The molecule has 2 N–H and O–H groups in total. The van der Waals surface area contributed by atoms with Gasteiger partial charge in [0.1, 0.15) is 0 Å². The first kappa shape index (κ1) is 15.8. The molecule has 5 nitrogen and oxygen atoms in total. The highest BCUT2D eigenvalue weighted by Gasteiger charge is 2.24. The second-order valence-corrected chi connectivity index (χ2v) is 5.90. The average molecular weight is 290 g/mol. The molecule has 0 aliphatic carbocycles. The van der Waals surface area contributed by atoms with Crippen molar-refractivity contribution in [2.24, 2.45) is 5.92 Å². The summed E-state index contributed by atoms with van der Waals surface area (Å²) in [5.74, 6) is 0.512. The molecule has 0 radical (unpaired) electrons.